The lowest BCUT2D eigenvalue weighted by molar-refractivity contribution is -0.125. The largest absolute Gasteiger partial charge is 0.359 e. The van der Waals surface area contributed by atoms with Crippen LogP contribution >= 0.6 is 11.3 Å². The molecule has 128 valence electrons. The Morgan fingerprint density at radius 2 is 1.96 bits per heavy atom. The molecule has 1 saturated heterocycles. The normalized spacial score (nSPS) is 15.5. The van der Waals surface area contributed by atoms with Gasteiger partial charge in [0.25, 0.3) is 0 Å². The molecule has 0 unspecified atom stereocenters. The van der Waals surface area contributed by atoms with E-state index in [1.165, 1.54) is 10.4 Å². The molecule has 1 amide bonds. The van der Waals surface area contributed by atoms with Crippen molar-refractivity contribution in [3.05, 3.63) is 42.7 Å². The summed E-state index contributed by atoms with van der Waals surface area (Å²) in [6, 6.07) is 12.6. The molecule has 1 aliphatic heterocycles. The van der Waals surface area contributed by atoms with Gasteiger partial charge in [-0.3, -0.25) is 4.79 Å². The number of piperidine rings is 1. The molecule has 5 nitrogen and oxygen atoms in total. The van der Waals surface area contributed by atoms with Gasteiger partial charge >= 0.3 is 0 Å². The number of benzene rings is 1. The SMILES string of the molecule is CNC(=O)C1CCN(c2ncnc3sc(-c4ccccc4)cc23)CC1. The Balaban J connectivity index is 1.63. The fourth-order valence-corrected chi connectivity index (χ4v) is 4.40. The third kappa shape index (κ3) is 3.09. The van der Waals surface area contributed by atoms with Crippen molar-refractivity contribution < 1.29 is 4.79 Å². The molecule has 3 aromatic rings. The highest BCUT2D eigenvalue weighted by Gasteiger charge is 2.26. The molecule has 0 spiro atoms. The minimum atomic E-state index is 0.112. The predicted molar refractivity (Wildman–Crippen MR) is 102 cm³/mol. The van der Waals surface area contributed by atoms with E-state index in [0.717, 1.165) is 42.0 Å². The van der Waals surface area contributed by atoms with E-state index < -0.39 is 0 Å². The molecule has 0 bridgehead atoms. The topological polar surface area (TPSA) is 58.1 Å². The Bertz CT molecular complexity index is 885. The summed E-state index contributed by atoms with van der Waals surface area (Å²) in [5, 5.41) is 3.86. The number of fused-ring (bicyclic) bond motifs is 1. The van der Waals surface area contributed by atoms with E-state index in [1.807, 2.05) is 6.07 Å². The van der Waals surface area contributed by atoms with Gasteiger partial charge in [-0.25, -0.2) is 9.97 Å². The molecule has 1 N–H and O–H groups in total. The van der Waals surface area contributed by atoms with Crippen molar-refractivity contribution in [2.45, 2.75) is 12.8 Å². The molecule has 1 aliphatic rings. The van der Waals surface area contributed by atoms with Crippen molar-refractivity contribution in [1.82, 2.24) is 15.3 Å². The Morgan fingerprint density at radius 1 is 1.20 bits per heavy atom. The van der Waals surface area contributed by atoms with E-state index in [-0.39, 0.29) is 11.8 Å². The van der Waals surface area contributed by atoms with Gasteiger partial charge in [-0.05, 0) is 24.5 Å². The standard InChI is InChI=1S/C19H20N4OS/c1-20-18(24)14-7-9-23(10-8-14)17-15-11-16(13-5-3-2-4-6-13)25-19(15)22-12-21-17/h2-6,11-12,14H,7-10H2,1H3,(H,20,24). The molecule has 1 fully saturated rings. The molecule has 0 radical (unpaired) electrons. The average molecular weight is 352 g/mol. The van der Waals surface area contributed by atoms with Crippen molar-refractivity contribution in [1.29, 1.82) is 0 Å². The van der Waals surface area contributed by atoms with Gasteiger partial charge < -0.3 is 10.2 Å². The van der Waals surface area contributed by atoms with E-state index in [9.17, 15) is 4.79 Å². The van der Waals surface area contributed by atoms with Crippen molar-refractivity contribution in [3.63, 3.8) is 0 Å². The van der Waals surface area contributed by atoms with Crippen LogP contribution in [0.2, 0.25) is 0 Å². The summed E-state index contributed by atoms with van der Waals surface area (Å²) in [5.74, 6) is 1.24. The molecule has 6 heteroatoms. The highest BCUT2D eigenvalue weighted by Crippen LogP contribution is 2.36. The number of anilines is 1. The zero-order valence-electron chi connectivity index (χ0n) is 14.1. The van der Waals surface area contributed by atoms with Crippen LogP contribution in [0, 0.1) is 5.92 Å². The summed E-state index contributed by atoms with van der Waals surface area (Å²) >= 11 is 1.70. The highest BCUT2D eigenvalue weighted by molar-refractivity contribution is 7.21. The van der Waals surface area contributed by atoms with Crippen molar-refractivity contribution in [3.8, 4) is 10.4 Å². The summed E-state index contributed by atoms with van der Waals surface area (Å²) in [7, 11) is 1.71. The van der Waals surface area contributed by atoms with Crippen LogP contribution in [0.25, 0.3) is 20.7 Å². The second kappa shape index (κ2) is 6.80. The fourth-order valence-electron chi connectivity index (χ4n) is 3.40. The van der Waals surface area contributed by atoms with Crippen LogP contribution in [0.15, 0.2) is 42.7 Å². The minimum absolute atomic E-state index is 0.112. The summed E-state index contributed by atoms with van der Waals surface area (Å²) in [6.45, 7) is 1.70. The van der Waals surface area contributed by atoms with Gasteiger partial charge in [-0.15, -0.1) is 11.3 Å². The molecular weight excluding hydrogens is 332 g/mol. The summed E-state index contributed by atoms with van der Waals surface area (Å²) in [4.78, 5) is 25.3. The Kier molecular flexibility index (Phi) is 4.36. The predicted octanol–water partition coefficient (Wildman–Crippen LogP) is 3.32. The Hall–Kier alpha value is -2.47. The van der Waals surface area contributed by atoms with E-state index in [2.05, 4.69) is 50.5 Å². The van der Waals surface area contributed by atoms with Crippen molar-refractivity contribution in [2.24, 2.45) is 5.92 Å². The highest BCUT2D eigenvalue weighted by atomic mass is 32.1. The van der Waals surface area contributed by atoms with Gasteiger partial charge in [0.2, 0.25) is 5.91 Å². The number of amides is 1. The maximum atomic E-state index is 11.8. The second-order valence-corrected chi connectivity index (χ2v) is 7.30. The van der Waals surface area contributed by atoms with Crippen LogP contribution in [0.1, 0.15) is 12.8 Å². The van der Waals surface area contributed by atoms with Gasteiger partial charge in [0.15, 0.2) is 0 Å². The number of aromatic nitrogens is 2. The number of rotatable bonds is 3. The Labute approximate surface area is 150 Å². The molecule has 0 aliphatic carbocycles. The number of thiophene rings is 1. The van der Waals surface area contributed by atoms with Gasteiger partial charge in [0.1, 0.15) is 17.0 Å². The summed E-state index contributed by atoms with van der Waals surface area (Å²) in [6.07, 6.45) is 3.37. The smallest absolute Gasteiger partial charge is 0.222 e. The summed E-state index contributed by atoms with van der Waals surface area (Å²) < 4.78 is 0. The van der Waals surface area contributed by atoms with Gasteiger partial charge in [-0.1, -0.05) is 30.3 Å². The molecule has 25 heavy (non-hydrogen) atoms. The van der Waals surface area contributed by atoms with E-state index in [0.29, 0.717) is 0 Å². The zero-order valence-corrected chi connectivity index (χ0v) is 14.9. The first-order chi connectivity index (χ1) is 12.3. The first kappa shape index (κ1) is 16.0. The van der Waals surface area contributed by atoms with Crippen LogP contribution in [0.3, 0.4) is 0 Å². The second-order valence-electron chi connectivity index (χ2n) is 6.27. The number of carbonyl (C=O) groups is 1. The first-order valence-electron chi connectivity index (χ1n) is 8.53. The van der Waals surface area contributed by atoms with Crippen LogP contribution in [-0.2, 0) is 4.79 Å². The van der Waals surface area contributed by atoms with Crippen LogP contribution in [0.5, 0.6) is 0 Å². The number of nitrogens with zero attached hydrogens (tertiary/aromatic N) is 3. The molecule has 4 rings (SSSR count). The van der Waals surface area contributed by atoms with E-state index in [4.69, 9.17) is 0 Å². The van der Waals surface area contributed by atoms with Gasteiger partial charge in [0.05, 0.1) is 5.39 Å². The van der Waals surface area contributed by atoms with Crippen LogP contribution in [-0.4, -0.2) is 36.0 Å². The quantitative estimate of drug-likeness (QED) is 0.786. The Morgan fingerprint density at radius 3 is 2.68 bits per heavy atom. The van der Waals surface area contributed by atoms with E-state index in [1.54, 1.807) is 24.7 Å². The maximum Gasteiger partial charge on any atom is 0.222 e. The third-order valence-corrected chi connectivity index (χ3v) is 5.87. The molecule has 0 saturated carbocycles. The maximum absolute atomic E-state index is 11.8. The monoisotopic (exact) mass is 352 g/mol. The number of hydrogen-bond acceptors (Lipinski definition) is 5. The molecule has 2 aromatic heterocycles. The molecule has 3 heterocycles. The van der Waals surface area contributed by atoms with Gasteiger partial charge in [0, 0.05) is 30.9 Å². The lowest BCUT2D eigenvalue weighted by Crippen LogP contribution is -2.40. The lowest BCUT2D eigenvalue weighted by Gasteiger charge is -2.32. The van der Waals surface area contributed by atoms with Crippen molar-refractivity contribution >= 4 is 33.3 Å². The third-order valence-electron chi connectivity index (χ3n) is 4.78. The van der Waals surface area contributed by atoms with Crippen molar-refractivity contribution in [2.75, 3.05) is 25.0 Å². The molecular formula is C19H20N4OS. The van der Waals surface area contributed by atoms with Gasteiger partial charge in [-0.2, -0.15) is 0 Å². The number of nitrogens with one attached hydrogen (secondary N) is 1. The zero-order chi connectivity index (χ0) is 17.2. The lowest BCUT2D eigenvalue weighted by atomic mass is 9.96. The fraction of sp³-hybridized carbons (Fsp3) is 0.316. The first-order valence-corrected chi connectivity index (χ1v) is 9.34. The average Bonchev–Trinajstić information content (AvgIpc) is 3.12. The van der Waals surface area contributed by atoms with Crippen LogP contribution in [0.4, 0.5) is 5.82 Å². The number of carbonyl (C=O) groups excluding carboxylic acids is 1. The van der Waals surface area contributed by atoms with Crippen LogP contribution < -0.4 is 10.2 Å². The molecule has 1 aromatic carbocycles. The minimum Gasteiger partial charge on any atom is -0.359 e. The summed E-state index contributed by atoms with van der Waals surface area (Å²) in [5.41, 5.74) is 1.20. The van der Waals surface area contributed by atoms with E-state index >= 15 is 0 Å². The number of hydrogen-bond donors (Lipinski definition) is 1. The molecule has 0 atom stereocenters.